The number of likely N-dealkylation sites (tertiary alicyclic amines) is 1. The van der Waals surface area contributed by atoms with Crippen molar-refractivity contribution >= 4 is 0 Å². The van der Waals surface area contributed by atoms with Gasteiger partial charge >= 0.3 is 0 Å². The summed E-state index contributed by atoms with van der Waals surface area (Å²) < 4.78 is 26.0. The fourth-order valence-corrected chi connectivity index (χ4v) is 1.73. The molecule has 0 saturated carbocycles. The van der Waals surface area contributed by atoms with Crippen LogP contribution < -0.4 is 0 Å². The van der Waals surface area contributed by atoms with Crippen molar-refractivity contribution in [2.24, 2.45) is 0 Å². The summed E-state index contributed by atoms with van der Waals surface area (Å²) >= 11 is 0. The first-order chi connectivity index (χ1) is 5.81. The van der Waals surface area contributed by atoms with Gasteiger partial charge < -0.3 is 0 Å². The second kappa shape index (κ2) is 3.52. The van der Waals surface area contributed by atoms with Crippen LogP contribution in [0.2, 0.25) is 0 Å². The van der Waals surface area contributed by atoms with Crippen molar-refractivity contribution < 1.29 is 8.78 Å². The summed E-state index contributed by atoms with van der Waals surface area (Å²) in [5.74, 6) is -2.43. The minimum absolute atomic E-state index is 0.0181. The molecule has 0 aromatic rings. The van der Waals surface area contributed by atoms with E-state index in [2.05, 4.69) is 25.7 Å². The van der Waals surface area contributed by atoms with Crippen molar-refractivity contribution in [3.05, 3.63) is 0 Å². The first kappa shape index (κ1) is 10.9. The summed E-state index contributed by atoms with van der Waals surface area (Å²) in [7, 11) is 0. The number of alkyl halides is 2. The molecule has 0 amide bonds. The van der Waals surface area contributed by atoms with Gasteiger partial charge in [0.2, 0.25) is 5.92 Å². The monoisotopic (exact) mass is 191 g/mol. The molecule has 1 aliphatic heterocycles. The van der Waals surface area contributed by atoms with Gasteiger partial charge in [-0.15, -0.1) is 0 Å². The molecular weight excluding hydrogens is 172 g/mol. The maximum Gasteiger partial charge on any atom is 0.249 e. The number of halogens is 2. The number of rotatable bonds is 0. The first-order valence-electron chi connectivity index (χ1n) is 4.94. The van der Waals surface area contributed by atoms with Gasteiger partial charge in [-0.1, -0.05) is 0 Å². The lowest BCUT2D eigenvalue weighted by atomic mass is 10.1. The summed E-state index contributed by atoms with van der Waals surface area (Å²) in [5, 5.41) is 0. The van der Waals surface area contributed by atoms with E-state index in [-0.39, 0.29) is 18.4 Å². The van der Waals surface area contributed by atoms with Crippen LogP contribution in [0.15, 0.2) is 0 Å². The van der Waals surface area contributed by atoms with E-state index in [0.717, 1.165) is 6.54 Å². The van der Waals surface area contributed by atoms with E-state index < -0.39 is 5.92 Å². The Kier molecular flexibility index (Phi) is 2.95. The van der Waals surface area contributed by atoms with Gasteiger partial charge in [0.15, 0.2) is 0 Å². The number of nitrogens with zero attached hydrogens (tertiary/aromatic N) is 1. The summed E-state index contributed by atoms with van der Waals surface area (Å²) in [6.45, 7) is 7.57. The third-order valence-electron chi connectivity index (χ3n) is 2.67. The zero-order chi connectivity index (χ0) is 10.1. The predicted octanol–water partition coefficient (Wildman–Crippen LogP) is 2.91. The van der Waals surface area contributed by atoms with Crippen LogP contribution in [0.3, 0.4) is 0 Å². The van der Waals surface area contributed by atoms with Crippen LogP contribution in [-0.2, 0) is 0 Å². The van der Waals surface area contributed by atoms with Crippen LogP contribution in [0.4, 0.5) is 8.78 Å². The van der Waals surface area contributed by atoms with E-state index >= 15 is 0 Å². The molecule has 1 heterocycles. The Morgan fingerprint density at radius 3 is 2.23 bits per heavy atom. The van der Waals surface area contributed by atoms with Crippen molar-refractivity contribution in [1.29, 1.82) is 0 Å². The van der Waals surface area contributed by atoms with Crippen LogP contribution in [0.1, 0.15) is 40.0 Å². The molecule has 0 aliphatic carbocycles. The minimum atomic E-state index is -2.43. The van der Waals surface area contributed by atoms with Gasteiger partial charge in [-0.05, 0) is 33.7 Å². The Balaban J connectivity index is 2.55. The molecule has 0 aromatic heterocycles. The predicted molar refractivity (Wildman–Crippen MR) is 50.1 cm³/mol. The van der Waals surface area contributed by atoms with Crippen LogP contribution >= 0.6 is 0 Å². The first-order valence-corrected chi connectivity index (χ1v) is 4.94. The fraction of sp³-hybridized carbons (Fsp3) is 1.00. The summed E-state index contributed by atoms with van der Waals surface area (Å²) in [4.78, 5) is 2.15. The highest BCUT2D eigenvalue weighted by atomic mass is 19.3. The second-order valence-corrected chi connectivity index (χ2v) is 4.87. The van der Waals surface area contributed by atoms with Crippen molar-refractivity contribution in [3.63, 3.8) is 0 Å². The molecule has 0 N–H and O–H groups in total. The molecule has 0 spiro atoms. The lowest BCUT2D eigenvalue weighted by molar-refractivity contribution is -0.0153. The number of hydrogen-bond acceptors (Lipinski definition) is 1. The van der Waals surface area contributed by atoms with Gasteiger partial charge in [0.1, 0.15) is 0 Å². The highest BCUT2D eigenvalue weighted by Crippen LogP contribution is 2.30. The van der Waals surface area contributed by atoms with Crippen molar-refractivity contribution in [2.75, 3.05) is 13.1 Å². The Labute approximate surface area is 79.1 Å². The lowest BCUT2D eigenvalue weighted by Gasteiger charge is -2.34. The molecule has 0 bridgehead atoms. The van der Waals surface area contributed by atoms with E-state index in [1.165, 1.54) is 0 Å². The maximum absolute atomic E-state index is 13.0. The van der Waals surface area contributed by atoms with Crippen molar-refractivity contribution in [1.82, 2.24) is 4.90 Å². The highest BCUT2D eigenvalue weighted by molar-refractivity contribution is 4.82. The van der Waals surface area contributed by atoms with Crippen LogP contribution in [0.25, 0.3) is 0 Å². The summed E-state index contributed by atoms with van der Waals surface area (Å²) in [5.41, 5.74) is 0.0282. The van der Waals surface area contributed by atoms with E-state index in [9.17, 15) is 8.78 Å². The largest absolute Gasteiger partial charge is 0.298 e. The quantitative estimate of drug-likeness (QED) is 0.569. The van der Waals surface area contributed by atoms with E-state index in [4.69, 9.17) is 0 Å². The van der Waals surface area contributed by atoms with Crippen LogP contribution in [0, 0.1) is 0 Å². The normalized spacial score (nSPS) is 25.6. The smallest absolute Gasteiger partial charge is 0.249 e. The third-order valence-corrected chi connectivity index (χ3v) is 2.67. The molecule has 3 heteroatoms. The van der Waals surface area contributed by atoms with Crippen molar-refractivity contribution in [3.8, 4) is 0 Å². The molecule has 78 valence electrons. The molecule has 1 aliphatic rings. The highest BCUT2D eigenvalue weighted by Gasteiger charge is 2.34. The van der Waals surface area contributed by atoms with Crippen LogP contribution in [0.5, 0.6) is 0 Å². The van der Waals surface area contributed by atoms with Gasteiger partial charge in [-0.2, -0.15) is 0 Å². The Hall–Kier alpha value is -0.180. The standard InChI is InChI=1S/C10H19F2N/c1-9(2,3)13-7-4-5-10(11,12)6-8-13/h4-8H2,1-3H3. The molecule has 0 aromatic carbocycles. The molecule has 0 unspecified atom stereocenters. The third kappa shape index (κ3) is 3.22. The number of hydrogen-bond donors (Lipinski definition) is 0. The average Bonchev–Trinajstić information content (AvgIpc) is 2.08. The fourth-order valence-electron chi connectivity index (χ4n) is 1.73. The van der Waals surface area contributed by atoms with Gasteiger partial charge in [-0.25, -0.2) is 8.78 Å². The zero-order valence-corrected chi connectivity index (χ0v) is 8.74. The van der Waals surface area contributed by atoms with E-state index in [0.29, 0.717) is 13.0 Å². The topological polar surface area (TPSA) is 3.24 Å². The van der Waals surface area contributed by atoms with Gasteiger partial charge in [-0.3, -0.25) is 4.90 Å². The Morgan fingerprint density at radius 1 is 1.08 bits per heavy atom. The average molecular weight is 191 g/mol. The SMILES string of the molecule is CC(C)(C)N1CCCC(F)(F)CC1. The van der Waals surface area contributed by atoms with E-state index in [1.54, 1.807) is 0 Å². The van der Waals surface area contributed by atoms with E-state index in [1.807, 2.05) is 0 Å². The summed E-state index contributed by atoms with van der Waals surface area (Å²) in [6, 6.07) is 0. The van der Waals surface area contributed by atoms with Gasteiger partial charge in [0, 0.05) is 24.9 Å². The molecule has 1 rings (SSSR count). The van der Waals surface area contributed by atoms with Crippen molar-refractivity contribution in [2.45, 2.75) is 51.5 Å². The molecule has 0 atom stereocenters. The lowest BCUT2D eigenvalue weighted by Crippen LogP contribution is -2.42. The molecule has 1 nitrogen and oxygen atoms in total. The molecule has 1 saturated heterocycles. The maximum atomic E-state index is 13.0. The molecule has 13 heavy (non-hydrogen) atoms. The summed E-state index contributed by atoms with van der Waals surface area (Å²) in [6.07, 6.45) is 0.689. The van der Waals surface area contributed by atoms with Gasteiger partial charge in [0.05, 0.1) is 0 Å². The Morgan fingerprint density at radius 2 is 1.69 bits per heavy atom. The molecular formula is C10H19F2N. The second-order valence-electron chi connectivity index (χ2n) is 4.87. The van der Waals surface area contributed by atoms with Crippen LogP contribution in [-0.4, -0.2) is 29.5 Å². The molecule has 0 radical (unpaired) electrons. The van der Waals surface area contributed by atoms with Gasteiger partial charge in [0.25, 0.3) is 0 Å². The Bertz CT molecular complexity index is 172. The molecule has 1 fully saturated rings. The minimum Gasteiger partial charge on any atom is -0.298 e. The zero-order valence-electron chi connectivity index (χ0n) is 8.74.